The van der Waals surface area contributed by atoms with E-state index in [-0.39, 0.29) is 11.9 Å². The summed E-state index contributed by atoms with van der Waals surface area (Å²) in [4.78, 5) is 15.3. The number of rotatable bonds is 2. The molecule has 1 N–H and O–H groups in total. The minimum atomic E-state index is -0.510. The Morgan fingerprint density at radius 2 is 2.08 bits per heavy atom. The van der Waals surface area contributed by atoms with E-state index in [2.05, 4.69) is 11.4 Å². The Bertz CT molecular complexity index is 780. The Kier molecular flexibility index (Phi) is 4.75. The van der Waals surface area contributed by atoms with Crippen LogP contribution >= 0.6 is 11.6 Å². The Balaban J connectivity index is 1.64. The second-order valence-corrected chi connectivity index (χ2v) is 6.94. The molecule has 5 heteroatoms. The molecule has 4 rings (SSSR count). The summed E-state index contributed by atoms with van der Waals surface area (Å²) in [6, 6.07) is 15.8. The van der Waals surface area contributed by atoms with Crippen molar-refractivity contribution in [1.29, 1.82) is 0 Å². The van der Waals surface area contributed by atoms with Crippen LogP contribution < -0.4 is 5.32 Å². The second kappa shape index (κ2) is 7.16. The number of carbonyl (C=O) groups excluding carboxylic acids is 1. The molecular formula is C20H21ClN2O2. The normalized spacial score (nSPS) is 23.2. The summed E-state index contributed by atoms with van der Waals surface area (Å²) >= 11 is 6.16. The molecule has 2 heterocycles. The van der Waals surface area contributed by atoms with Gasteiger partial charge in [-0.25, -0.2) is 0 Å². The monoisotopic (exact) mass is 356 g/mol. The van der Waals surface area contributed by atoms with Gasteiger partial charge in [0.05, 0.1) is 12.6 Å². The number of nitrogens with one attached hydrogen (secondary N) is 1. The van der Waals surface area contributed by atoms with Gasteiger partial charge in [0.1, 0.15) is 0 Å². The highest BCUT2D eigenvalue weighted by molar-refractivity contribution is 6.30. The maximum absolute atomic E-state index is 13.3. The lowest BCUT2D eigenvalue weighted by Crippen LogP contribution is -2.50. The van der Waals surface area contributed by atoms with Gasteiger partial charge in [-0.15, -0.1) is 0 Å². The molecule has 0 aliphatic carbocycles. The van der Waals surface area contributed by atoms with Crippen molar-refractivity contribution in [2.24, 2.45) is 0 Å². The number of ether oxygens (including phenoxy) is 1. The lowest BCUT2D eigenvalue weighted by atomic mass is 9.95. The quantitative estimate of drug-likeness (QED) is 0.898. The molecule has 0 radical (unpaired) electrons. The van der Waals surface area contributed by atoms with Gasteiger partial charge in [0.25, 0.3) is 5.91 Å². The Morgan fingerprint density at radius 1 is 1.20 bits per heavy atom. The average Bonchev–Trinajstić information content (AvgIpc) is 2.67. The summed E-state index contributed by atoms with van der Waals surface area (Å²) in [6.07, 6.45) is 0.351. The van der Waals surface area contributed by atoms with Gasteiger partial charge >= 0.3 is 0 Å². The van der Waals surface area contributed by atoms with Gasteiger partial charge in [0.2, 0.25) is 0 Å². The summed E-state index contributed by atoms with van der Waals surface area (Å²) in [5.41, 5.74) is 3.26. The number of fused-ring (bicyclic) bond motifs is 1. The molecular weight excluding hydrogens is 336 g/mol. The predicted molar refractivity (Wildman–Crippen MR) is 97.6 cm³/mol. The van der Waals surface area contributed by atoms with Crippen molar-refractivity contribution in [3.8, 4) is 0 Å². The Hall–Kier alpha value is -1.88. The molecule has 4 nitrogen and oxygen atoms in total. The smallest absolute Gasteiger partial charge is 0.256 e. The molecule has 2 aromatic rings. The number of carbonyl (C=O) groups is 1. The Labute approximate surface area is 152 Å². The van der Waals surface area contributed by atoms with Crippen molar-refractivity contribution < 1.29 is 9.53 Å². The molecule has 2 atom stereocenters. The van der Waals surface area contributed by atoms with Crippen molar-refractivity contribution in [1.82, 2.24) is 10.2 Å². The fraction of sp³-hybridized carbons (Fsp3) is 0.350. The molecule has 0 saturated carbocycles. The van der Waals surface area contributed by atoms with Crippen LogP contribution in [0.1, 0.15) is 28.8 Å². The third-order valence-corrected chi connectivity index (χ3v) is 5.21. The zero-order valence-electron chi connectivity index (χ0n) is 14.0. The van der Waals surface area contributed by atoms with Gasteiger partial charge in [0, 0.05) is 24.7 Å². The number of amides is 1. The standard InChI is InChI=1S/C20H21ClN2O2/c21-16-6-3-5-15(12-16)18-13-22-9-10-23(18)20(24)19-17-7-2-1-4-14(17)8-11-25-19/h1-7,12,18-19,22H,8-11,13H2. The molecule has 2 aliphatic rings. The van der Waals surface area contributed by atoms with E-state index in [0.29, 0.717) is 18.2 Å². The molecule has 1 fully saturated rings. The first-order chi connectivity index (χ1) is 12.2. The summed E-state index contributed by atoms with van der Waals surface area (Å²) in [6.45, 7) is 2.76. The van der Waals surface area contributed by atoms with E-state index in [1.54, 1.807) is 0 Å². The lowest BCUT2D eigenvalue weighted by molar-refractivity contribution is -0.148. The summed E-state index contributed by atoms with van der Waals surface area (Å²) in [5.74, 6) is 0.0404. The number of benzene rings is 2. The molecule has 0 spiro atoms. The zero-order chi connectivity index (χ0) is 17.2. The van der Waals surface area contributed by atoms with Crippen molar-refractivity contribution >= 4 is 17.5 Å². The molecule has 2 unspecified atom stereocenters. The highest BCUT2D eigenvalue weighted by Gasteiger charge is 2.35. The van der Waals surface area contributed by atoms with Crippen molar-refractivity contribution in [3.05, 3.63) is 70.2 Å². The van der Waals surface area contributed by atoms with E-state index in [0.717, 1.165) is 30.6 Å². The van der Waals surface area contributed by atoms with E-state index in [1.807, 2.05) is 47.4 Å². The van der Waals surface area contributed by atoms with Gasteiger partial charge in [-0.05, 0) is 35.2 Å². The van der Waals surface area contributed by atoms with Gasteiger partial charge in [-0.2, -0.15) is 0 Å². The van der Waals surface area contributed by atoms with Crippen molar-refractivity contribution in [2.75, 3.05) is 26.2 Å². The summed E-state index contributed by atoms with van der Waals surface area (Å²) in [7, 11) is 0. The molecule has 1 saturated heterocycles. The first kappa shape index (κ1) is 16.6. The van der Waals surface area contributed by atoms with Crippen LogP contribution in [0, 0.1) is 0 Å². The second-order valence-electron chi connectivity index (χ2n) is 6.51. The van der Waals surface area contributed by atoms with E-state index in [1.165, 1.54) is 5.56 Å². The zero-order valence-corrected chi connectivity index (χ0v) is 14.7. The summed E-state index contributed by atoms with van der Waals surface area (Å²) in [5, 5.41) is 4.07. The third kappa shape index (κ3) is 3.30. The lowest BCUT2D eigenvalue weighted by Gasteiger charge is -2.39. The largest absolute Gasteiger partial charge is 0.363 e. The van der Waals surface area contributed by atoms with Crippen LogP contribution in [0.2, 0.25) is 5.02 Å². The fourth-order valence-corrected chi connectivity index (χ4v) is 3.93. The van der Waals surface area contributed by atoms with Crippen LogP contribution in [0.3, 0.4) is 0 Å². The fourth-order valence-electron chi connectivity index (χ4n) is 3.73. The van der Waals surface area contributed by atoms with Crippen molar-refractivity contribution in [2.45, 2.75) is 18.6 Å². The average molecular weight is 357 g/mol. The molecule has 130 valence electrons. The van der Waals surface area contributed by atoms with E-state index < -0.39 is 6.10 Å². The van der Waals surface area contributed by atoms with Crippen LogP contribution in [0.4, 0.5) is 0 Å². The van der Waals surface area contributed by atoms with Crippen LogP contribution in [-0.4, -0.2) is 37.0 Å². The van der Waals surface area contributed by atoms with Crippen molar-refractivity contribution in [3.63, 3.8) is 0 Å². The van der Waals surface area contributed by atoms with Crippen LogP contribution in [0.5, 0.6) is 0 Å². The predicted octanol–water partition coefficient (Wildman–Crippen LogP) is 3.13. The highest BCUT2D eigenvalue weighted by Crippen LogP contribution is 2.32. The number of nitrogens with zero attached hydrogens (tertiary/aromatic N) is 1. The molecule has 2 aromatic carbocycles. The minimum Gasteiger partial charge on any atom is -0.363 e. The SMILES string of the molecule is O=C(C1OCCc2ccccc21)N1CCNCC1c1cccc(Cl)c1. The maximum atomic E-state index is 13.3. The van der Waals surface area contributed by atoms with Gasteiger partial charge in [0.15, 0.2) is 6.10 Å². The first-order valence-electron chi connectivity index (χ1n) is 8.70. The number of hydrogen-bond acceptors (Lipinski definition) is 3. The molecule has 1 amide bonds. The van der Waals surface area contributed by atoms with Gasteiger partial charge in [-0.3, -0.25) is 4.79 Å². The van der Waals surface area contributed by atoms with E-state index >= 15 is 0 Å². The third-order valence-electron chi connectivity index (χ3n) is 4.98. The maximum Gasteiger partial charge on any atom is 0.256 e. The van der Waals surface area contributed by atoms with Crippen LogP contribution in [-0.2, 0) is 16.0 Å². The highest BCUT2D eigenvalue weighted by atomic mass is 35.5. The number of hydrogen-bond donors (Lipinski definition) is 1. The topological polar surface area (TPSA) is 41.6 Å². The molecule has 25 heavy (non-hydrogen) atoms. The van der Waals surface area contributed by atoms with Gasteiger partial charge in [-0.1, -0.05) is 48.0 Å². The number of piperazine rings is 1. The van der Waals surface area contributed by atoms with Crippen LogP contribution in [0.15, 0.2) is 48.5 Å². The van der Waals surface area contributed by atoms with E-state index in [4.69, 9.17) is 16.3 Å². The number of halogens is 1. The molecule has 2 aliphatic heterocycles. The van der Waals surface area contributed by atoms with E-state index in [9.17, 15) is 4.79 Å². The summed E-state index contributed by atoms with van der Waals surface area (Å²) < 4.78 is 5.89. The molecule has 0 bridgehead atoms. The minimum absolute atomic E-state index is 0.0300. The molecule has 0 aromatic heterocycles. The van der Waals surface area contributed by atoms with Crippen LogP contribution in [0.25, 0.3) is 0 Å². The Morgan fingerprint density at radius 3 is 2.96 bits per heavy atom. The first-order valence-corrected chi connectivity index (χ1v) is 9.08. The van der Waals surface area contributed by atoms with Gasteiger partial charge < -0.3 is 15.0 Å².